The van der Waals surface area contributed by atoms with Gasteiger partial charge in [-0.2, -0.15) is 4.98 Å². The molecule has 0 bridgehead atoms. The predicted molar refractivity (Wildman–Crippen MR) is 81.7 cm³/mol. The number of halogens is 1. The molecule has 0 amide bonds. The molecule has 0 atom stereocenters. The normalized spacial score (nSPS) is 10.9. The highest BCUT2D eigenvalue weighted by atomic mass is 79.9. The molecule has 3 aromatic rings. The van der Waals surface area contributed by atoms with Gasteiger partial charge >= 0.3 is 0 Å². The molecule has 104 valence electrons. The van der Waals surface area contributed by atoms with Gasteiger partial charge < -0.3 is 15.2 Å². The summed E-state index contributed by atoms with van der Waals surface area (Å²) in [6.07, 6.45) is 1.94. The van der Waals surface area contributed by atoms with Crippen LogP contribution in [-0.2, 0) is 6.54 Å². The van der Waals surface area contributed by atoms with Crippen LogP contribution < -0.4 is 15.2 Å². The second kappa shape index (κ2) is 5.43. The van der Waals surface area contributed by atoms with Gasteiger partial charge in [0.05, 0.1) is 11.6 Å². The third-order valence-electron chi connectivity index (χ3n) is 2.86. The fourth-order valence-corrected chi connectivity index (χ4v) is 3.04. The van der Waals surface area contributed by atoms with Crippen LogP contribution in [0.5, 0.6) is 17.4 Å². The first kappa shape index (κ1) is 13.4. The maximum atomic E-state index is 5.87. The Bertz CT molecular complexity index is 753. The van der Waals surface area contributed by atoms with Gasteiger partial charge in [-0.3, -0.25) is 4.40 Å². The number of aromatic nitrogens is 2. The number of nitrogens with zero attached hydrogens (tertiary/aromatic N) is 2. The molecule has 0 aliphatic rings. The van der Waals surface area contributed by atoms with Crippen LogP contribution in [-0.4, -0.2) is 16.5 Å². The Morgan fingerprint density at radius 1 is 1.45 bits per heavy atom. The number of hydrogen-bond acceptors (Lipinski definition) is 5. The van der Waals surface area contributed by atoms with Crippen molar-refractivity contribution in [1.29, 1.82) is 0 Å². The van der Waals surface area contributed by atoms with E-state index in [0.29, 0.717) is 18.2 Å². The molecule has 0 aliphatic carbocycles. The van der Waals surface area contributed by atoms with Gasteiger partial charge in [-0.1, -0.05) is 0 Å². The summed E-state index contributed by atoms with van der Waals surface area (Å²) in [5.41, 5.74) is 6.64. The lowest BCUT2D eigenvalue weighted by Crippen LogP contribution is -2.01. The minimum absolute atomic E-state index is 0.362. The Kier molecular flexibility index (Phi) is 3.64. The number of thiazole rings is 1. The number of benzene rings is 1. The van der Waals surface area contributed by atoms with Crippen LogP contribution in [0.15, 0.2) is 34.2 Å². The van der Waals surface area contributed by atoms with Crippen molar-refractivity contribution >= 4 is 32.2 Å². The molecule has 5 nitrogen and oxygen atoms in total. The number of ether oxygens (including phenoxy) is 2. The molecule has 0 saturated carbocycles. The van der Waals surface area contributed by atoms with Crippen molar-refractivity contribution in [2.24, 2.45) is 5.73 Å². The Balaban J connectivity index is 1.98. The van der Waals surface area contributed by atoms with Gasteiger partial charge in [0.25, 0.3) is 0 Å². The van der Waals surface area contributed by atoms with Gasteiger partial charge in [-0.15, -0.1) is 11.3 Å². The smallest absolute Gasteiger partial charge is 0.243 e. The van der Waals surface area contributed by atoms with Crippen LogP contribution in [0.1, 0.15) is 5.69 Å². The van der Waals surface area contributed by atoms with Gasteiger partial charge in [0.15, 0.2) is 4.96 Å². The third kappa shape index (κ3) is 2.28. The summed E-state index contributed by atoms with van der Waals surface area (Å²) in [4.78, 5) is 5.32. The lowest BCUT2D eigenvalue weighted by Gasteiger charge is -2.08. The summed E-state index contributed by atoms with van der Waals surface area (Å²) in [5, 5.41) is 1.97. The highest BCUT2D eigenvalue weighted by molar-refractivity contribution is 9.10. The van der Waals surface area contributed by atoms with Crippen molar-refractivity contribution in [3.8, 4) is 17.4 Å². The first-order chi connectivity index (χ1) is 9.72. The first-order valence-electron chi connectivity index (χ1n) is 5.89. The topological polar surface area (TPSA) is 61.8 Å². The van der Waals surface area contributed by atoms with Gasteiger partial charge in [-0.05, 0) is 34.1 Å². The summed E-state index contributed by atoms with van der Waals surface area (Å²) in [6.45, 7) is 0.362. The van der Waals surface area contributed by atoms with E-state index < -0.39 is 0 Å². The van der Waals surface area contributed by atoms with Crippen molar-refractivity contribution in [2.45, 2.75) is 6.54 Å². The number of fused-ring (bicyclic) bond motifs is 1. The van der Waals surface area contributed by atoms with E-state index in [0.717, 1.165) is 20.9 Å². The SMILES string of the molecule is COc1ccc(Oc2nc3sccn3c2CN)c(Br)c1. The molecule has 0 aliphatic heterocycles. The van der Waals surface area contributed by atoms with Gasteiger partial charge in [0.1, 0.15) is 17.2 Å². The van der Waals surface area contributed by atoms with Crippen molar-refractivity contribution in [2.75, 3.05) is 7.11 Å². The second-order valence-electron chi connectivity index (χ2n) is 4.02. The van der Waals surface area contributed by atoms with E-state index >= 15 is 0 Å². The fourth-order valence-electron chi connectivity index (χ4n) is 1.88. The Hall–Kier alpha value is -1.57. The lowest BCUT2D eigenvalue weighted by atomic mass is 10.3. The number of methoxy groups -OCH3 is 1. The molecule has 2 aromatic heterocycles. The molecule has 0 fully saturated rings. The summed E-state index contributed by atoms with van der Waals surface area (Å²) in [5.74, 6) is 1.96. The van der Waals surface area contributed by atoms with Crippen molar-refractivity contribution in [3.63, 3.8) is 0 Å². The van der Waals surface area contributed by atoms with Crippen molar-refractivity contribution < 1.29 is 9.47 Å². The maximum Gasteiger partial charge on any atom is 0.243 e. The standard InChI is InChI=1S/C13H12BrN3O2S/c1-18-8-2-3-11(9(14)6-8)19-12-10(7-15)17-4-5-20-13(17)16-12/h2-6H,7,15H2,1H3. The second-order valence-corrected chi connectivity index (χ2v) is 5.75. The zero-order chi connectivity index (χ0) is 14.1. The summed E-state index contributed by atoms with van der Waals surface area (Å²) in [6, 6.07) is 5.51. The number of rotatable bonds is 4. The molecule has 2 heterocycles. The quantitative estimate of drug-likeness (QED) is 0.780. The number of hydrogen-bond donors (Lipinski definition) is 1. The average molecular weight is 354 g/mol. The zero-order valence-corrected chi connectivity index (χ0v) is 13.1. The zero-order valence-electron chi connectivity index (χ0n) is 10.7. The highest BCUT2D eigenvalue weighted by Crippen LogP contribution is 2.34. The molecule has 0 radical (unpaired) electrons. The molecule has 0 spiro atoms. The minimum atomic E-state index is 0.362. The van der Waals surface area contributed by atoms with Gasteiger partial charge in [-0.25, -0.2) is 0 Å². The van der Waals surface area contributed by atoms with Crippen molar-refractivity contribution in [1.82, 2.24) is 9.38 Å². The Labute approximate surface area is 128 Å². The molecule has 0 saturated heterocycles. The van der Waals surface area contributed by atoms with E-state index in [1.54, 1.807) is 18.4 Å². The average Bonchev–Trinajstić information content (AvgIpc) is 3.01. The van der Waals surface area contributed by atoms with E-state index in [1.165, 1.54) is 0 Å². The third-order valence-corrected chi connectivity index (χ3v) is 4.24. The van der Waals surface area contributed by atoms with E-state index in [9.17, 15) is 0 Å². The van der Waals surface area contributed by atoms with Crippen LogP contribution in [0.25, 0.3) is 4.96 Å². The van der Waals surface area contributed by atoms with E-state index in [1.807, 2.05) is 34.2 Å². The monoisotopic (exact) mass is 353 g/mol. The molecular formula is C13H12BrN3O2S. The maximum absolute atomic E-state index is 5.87. The van der Waals surface area contributed by atoms with Crippen LogP contribution in [0.2, 0.25) is 0 Å². The van der Waals surface area contributed by atoms with Crippen LogP contribution in [0.4, 0.5) is 0 Å². The van der Waals surface area contributed by atoms with E-state index in [-0.39, 0.29) is 0 Å². The van der Waals surface area contributed by atoms with Crippen LogP contribution >= 0.6 is 27.3 Å². The summed E-state index contributed by atoms with van der Waals surface area (Å²) < 4.78 is 13.8. The van der Waals surface area contributed by atoms with Crippen LogP contribution in [0, 0.1) is 0 Å². The molecule has 2 N–H and O–H groups in total. The van der Waals surface area contributed by atoms with Crippen LogP contribution in [0.3, 0.4) is 0 Å². The highest BCUT2D eigenvalue weighted by Gasteiger charge is 2.15. The molecular weight excluding hydrogens is 342 g/mol. The number of nitrogens with two attached hydrogens (primary N) is 1. The fraction of sp³-hybridized carbons (Fsp3) is 0.154. The largest absolute Gasteiger partial charge is 0.497 e. The molecule has 3 rings (SSSR count). The van der Waals surface area contributed by atoms with E-state index in [4.69, 9.17) is 15.2 Å². The Morgan fingerprint density at radius 3 is 3.00 bits per heavy atom. The summed E-state index contributed by atoms with van der Waals surface area (Å²) >= 11 is 5.00. The predicted octanol–water partition coefficient (Wildman–Crippen LogP) is 3.42. The molecule has 7 heteroatoms. The van der Waals surface area contributed by atoms with E-state index in [2.05, 4.69) is 20.9 Å². The van der Waals surface area contributed by atoms with Crippen molar-refractivity contribution in [3.05, 3.63) is 39.9 Å². The summed E-state index contributed by atoms with van der Waals surface area (Å²) in [7, 11) is 1.62. The first-order valence-corrected chi connectivity index (χ1v) is 7.56. The van der Waals surface area contributed by atoms with Gasteiger partial charge in [0, 0.05) is 18.1 Å². The van der Waals surface area contributed by atoms with Gasteiger partial charge in [0.2, 0.25) is 5.88 Å². The molecule has 1 aromatic carbocycles. The molecule has 0 unspecified atom stereocenters. The Morgan fingerprint density at radius 2 is 2.30 bits per heavy atom. The molecule has 20 heavy (non-hydrogen) atoms. The number of imidazole rings is 1. The minimum Gasteiger partial charge on any atom is -0.497 e. The lowest BCUT2D eigenvalue weighted by molar-refractivity contribution is 0.411.